The van der Waals surface area contributed by atoms with Crippen molar-refractivity contribution in [3.8, 4) is 5.75 Å². The van der Waals surface area contributed by atoms with Crippen molar-refractivity contribution in [3.05, 3.63) is 76.0 Å². The quantitative estimate of drug-likeness (QED) is 0.459. The molecular weight excluding hydrogens is 462 g/mol. The van der Waals surface area contributed by atoms with Crippen LogP contribution in [0.1, 0.15) is 38.4 Å². The summed E-state index contributed by atoms with van der Waals surface area (Å²) in [6.45, 7) is 1.62. The summed E-state index contributed by atoms with van der Waals surface area (Å²) in [5.41, 5.74) is 3.22. The summed E-state index contributed by atoms with van der Waals surface area (Å²) < 4.78 is 11.1. The first kappa shape index (κ1) is 24.8. The number of methoxy groups -OCH3 is 1. The number of rotatable bonds is 9. The molecule has 3 aromatic rings. The Hall–Kier alpha value is -3.36. The van der Waals surface area contributed by atoms with Crippen LogP contribution >= 0.6 is 11.3 Å². The molecule has 4 rings (SSSR count). The van der Waals surface area contributed by atoms with Crippen LogP contribution in [-0.4, -0.2) is 57.2 Å². The van der Waals surface area contributed by atoms with Crippen LogP contribution in [0.25, 0.3) is 0 Å². The highest BCUT2D eigenvalue weighted by molar-refractivity contribution is 7.12. The molecule has 1 fully saturated rings. The normalized spacial score (nSPS) is 15.0. The first-order valence-corrected chi connectivity index (χ1v) is 12.5. The summed E-state index contributed by atoms with van der Waals surface area (Å²) >= 11 is 1.40. The van der Waals surface area contributed by atoms with E-state index in [-0.39, 0.29) is 17.9 Å². The lowest BCUT2D eigenvalue weighted by molar-refractivity contribution is 0.0507. The largest absolute Gasteiger partial charge is 0.497 e. The minimum absolute atomic E-state index is 0.0155. The second-order valence-corrected chi connectivity index (χ2v) is 9.67. The highest BCUT2D eigenvalue weighted by Gasteiger charge is 2.25. The minimum Gasteiger partial charge on any atom is -0.497 e. The van der Waals surface area contributed by atoms with Crippen molar-refractivity contribution < 1.29 is 19.1 Å². The monoisotopic (exact) mass is 493 g/mol. The van der Waals surface area contributed by atoms with Gasteiger partial charge < -0.3 is 24.6 Å². The molecule has 2 heterocycles. The smallest absolute Gasteiger partial charge is 0.265 e. The van der Waals surface area contributed by atoms with E-state index in [1.807, 2.05) is 53.5 Å². The topological polar surface area (TPSA) is 71.1 Å². The number of carbonyl (C=O) groups excluding carboxylic acids is 2. The molecule has 1 aliphatic rings. The van der Waals surface area contributed by atoms with Crippen molar-refractivity contribution in [2.45, 2.75) is 25.5 Å². The average Bonchev–Trinajstić information content (AvgIpc) is 3.58. The van der Waals surface area contributed by atoms with Gasteiger partial charge in [-0.3, -0.25) is 9.59 Å². The molecule has 1 aliphatic heterocycles. The van der Waals surface area contributed by atoms with E-state index in [2.05, 4.69) is 5.32 Å². The molecule has 1 unspecified atom stereocenters. The molecule has 184 valence electrons. The number of carbonyl (C=O) groups is 2. The molecule has 7 nitrogen and oxygen atoms in total. The molecule has 1 N–H and O–H groups in total. The fourth-order valence-corrected chi connectivity index (χ4v) is 4.82. The molecule has 35 heavy (non-hydrogen) atoms. The Balaban J connectivity index is 1.61. The van der Waals surface area contributed by atoms with Crippen LogP contribution in [0.15, 0.2) is 60.0 Å². The highest BCUT2D eigenvalue weighted by atomic mass is 32.1. The van der Waals surface area contributed by atoms with Gasteiger partial charge in [0.2, 0.25) is 0 Å². The summed E-state index contributed by atoms with van der Waals surface area (Å²) in [5.74, 6) is 0.492. The van der Waals surface area contributed by atoms with Gasteiger partial charge >= 0.3 is 0 Å². The molecule has 1 aromatic heterocycles. The number of nitrogens with one attached hydrogen (secondary N) is 1. The first-order chi connectivity index (χ1) is 16.9. The van der Waals surface area contributed by atoms with Crippen molar-refractivity contribution in [1.82, 2.24) is 4.90 Å². The van der Waals surface area contributed by atoms with Gasteiger partial charge in [-0.2, -0.15) is 0 Å². The van der Waals surface area contributed by atoms with Crippen molar-refractivity contribution in [3.63, 3.8) is 0 Å². The van der Waals surface area contributed by atoms with Crippen LogP contribution in [0.5, 0.6) is 5.75 Å². The van der Waals surface area contributed by atoms with Gasteiger partial charge in [0.1, 0.15) is 5.75 Å². The summed E-state index contributed by atoms with van der Waals surface area (Å²) in [7, 11) is 5.55. The summed E-state index contributed by atoms with van der Waals surface area (Å²) in [6.07, 6.45) is 1.95. The average molecular weight is 494 g/mol. The van der Waals surface area contributed by atoms with Crippen molar-refractivity contribution >= 4 is 34.5 Å². The van der Waals surface area contributed by atoms with E-state index in [1.54, 1.807) is 37.4 Å². The van der Waals surface area contributed by atoms with Gasteiger partial charge in [0, 0.05) is 50.7 Å². The van der Waals surface area contributed by atoms with Crippen molar-refractivity contribution in [2.75, 3.05) is 44.6 Å². The van der Waals surface area contributed by atoms with Gasteiger partial charge in [0.05, 0.1) is 18.1 Å². The molecular formula is C27H31N3O4S. The first-order valence-electron chi connectivity index (χ1n) is 11.6. The second kappa shape index (κ2) is 11.4. The van der Waals surface area contributed by atoms with Crippen LogP contribution in [0.3, 0.4) is 0 Å². The van der Waals surface area contributed by atoms with Gasteiger partial charge in [-0.1, -0.05) is 6.07 Å². The van der Waals surface area contributed by atoms with E-state index >= 15 is 0 Å². The predicted octanol–water partition coefficient (Wildman–Crippen LogP) is 4.90. The fraction of sp³-hybridized carbons (Fsp3) is 0.333. The number of hydrogen-bond acceptors (Lipinski definition) is 6. The summed E-state index contributed by atoms with van der Waals surface area (Å²) in [5, 5.41) is 4.86. The zero-order chi connectivity index (χ0) is 24.8. The maximum absolute atomic E-state index is 13.6. The van der Waals surface area contributed by atoms with Crippen LogP contribution in [0.4, 0.5) is 11.4 Å². The Bertz CT molecular complexity index is 1140. The van der Waals surface area contributed by atoms with Gasteiger partial charge in [-0.25, -0.2) is 0 Å². The third-order valence-electron chi connectivity index (χ3n) is 6.00. The van der Waals surface area contributed by atoms with Gasteiger partial charge in [0.15, 0.2) is 0 Å². The minimum atomic E-state index is -0.144. The molecule has 2 aromatic carbocycles. The van der Waals surface area contributed by atoms with E-state index in [0.29, 0.717) is 35.0 Å². The fourth-order valence-electron chi connectivity index (χ4n) is 4.20. The Morgan fingerprint density at radius 3 is 2.57 bits per heavy atom. The van der Waals surface area contributed by atoms with E-state index in [0.717, 1.165) is 30.7 Å². The lowest BCUT2D eigenvalue weighted by Crippen LogP contribution is -2.37. The van der Waals surface area contributed by atoms with Crippen LogP contribution in [0, 0.1) is 0 Å². The number of nitrogens with zero attached hydrogens (tertiary/aromatic N) is 2. The number of thiophene rings is 1. The van der Waals surface area contributed by atoms with E-state index < -0.39 is 0 Å². The van der Waals surface area contributed by atoms with Crippen molar-refractivity contribution in [1.29, 1.82) is 0 Å². The van der Waals surface area contributed by atoms with Crippen molar-refractivity contribution in [2.24, 2.45) is 0 Å². The Labute approximate surface area is 210 Å². The Morgan fingerprint density at radius 2 is 1.94 bits per heavy atom. The van der Waals surface area contributed by atoms with E-state index in [4.69, 9.17) is 9.47 Å². The molecule has 0 saturated carbocycles. The maximum Gasteiger partial charge on any atom is 0.265 e. The highest BCUT2D eigenvalue weighted by Crippen LogP contribution is 2.27. The number of amides is 2. The third kappa shape index (κ3) is 6.21. The molecule has 2 amide bonds. The molecule has 0 aliphatic carbocycles. The SMILES string of the molecule is COc1ccc(C(=O)N(Cc2cc(NC(=O)c3cccs3)ccc2N(C)C)CC2CCCO2)cc1. The molecule has 1 saturated heterocycles. The standard InChI is InChI=1S/C27H31N3O4S/c1-29(2)24-13-10-21(28-26(31)25-7-5-15-35-25)16-20(24)17-30(18-23-6-4-14-34-23)27(32)19-8-11-22(33-3)12-9-19/h5,7-13,15-16,23H,4,6,14,17-18H2,1-3H3,(H,28,31). The molecule has 0 radical (unpaired) electrons. The Morgan fingerprint density at radius 1 is 1.14 bits per heavy atom. The number of anilines is 2. The molecule has 0 spiro atoms. The lowest BCUT2D eigenvalue weighted by Gasteiger charge is -2.28. The van der Waals surface area contributed by atoms with Gasteiger partial charge in [0.25, 0.3) is 11.8 Å². The molecule has 1 atom stereocenters. The molecule has 8 heteroatoms. The Kier molecular flexibility index (Phi) is 8.05. The zero-order valence-electron chi connectivity index (χ0n) is 20.3. The number of ether oxygens (including phenoxy) is 2. The zero-order valence-corrected chi connectivity index (χ0v) is 21.1. The third-order valence-corrected chi connectivity index (χ3v) is 6.87. The van der Waals surface area contributed by atoms with Crippen LogP contribution in [-0.2, 0) is 11.3 Å². The van der Waals surface area contributed by atoms with E-state index in [9.17, 15) is 9.59 Å². The molecule has 0 bridgehead atoms. The number of hydrogen-bond donors (Lipinski definition) is 1. The second-order valence-electron chi connectivity index (χ2n) is 8.72. The maximum atomic E-state index is 13.6. The van der Waals surface area contributed by atoms with Gasteiger partial charge in [-0.05, 0) is 72.3 Å². The lowest BCUT2D eigenvalue weighted by atomic mass is 10.1. The summed E-state index contributed by atoms with van der Waals surface area (Å²) in [4.78, 5) is 30.7. The number of benzene rings is 2. The predicted molar refractivity (Wildman–Crippen MR) is 140 cm³/mol. The summed E-state index contributed by atoms with van der Waals surface area (Å²) in [6, 6.07) is 16.6. The van der Waals surface area contributed by atoms with Gasteiger partial charge in [-0.15, -0.1) is 11.3 Å². The van der Waals surface area contributed by atoms with E-state index in [1.165, 1.54) is 11.3 Å². The van der Waals surface area contributed by atoms with Crippen LogP contribution in [0.2, 0.25) is 0 Å². The van der Waals surface area contributed by atoms with Crippen LogP contribution < -0.4 is 15.0 Å².